The van der Waals surface area contributed by atoms with E-state index in [0.29, 0.717) is 12.4 Å². The fraction of sp³-hybridized carbons (Fsp3) is 0.105. The van der Waals surface area contributed by atoms with Crippen LogP contribution in [-0.4, -0.2) is 18.2 Å². The van der Waals surface area contributed by atoms with E-state index in [2.05, 4.69) is 16.4 Å². The fourth-order valence-electron chi connectivity index (χ4n) is 2.45. The molecule has 1 N–H and O–H groups in total. The van der Waals surface area contributed by atoms with E-state index >= 15 is 0 Å². The molecular formula is C19H19N3O2S. The Morgan fingerprint density at radius 3 is 2.44 bits per heavy atom. The second-order valence-electron chi connectivity index (χ2n) is 5.69. The number of sulfonamides is 1. The van der Waals surface area contributed by atoms with Crippen LogP contribution in [0, 0.1) is 6.92 Å². The lowest BCUT2D eigenvalue weighted by atomic mass is 10.1. The van der Waals surface area contributed by atoms with Crippen LogP contribution in [0.2, 0.25) is 0 Å². The second-order valence-corrected chi connectivity index (χ2v) is 7.37. The highest BCUT2D eigenvalue weighted by atomic mass is 32.2. The van der Waals surface area contributed by atoms with Gasteiger partial charge in [-0.1, -0.05) is 54.1 Å². The molecule has 1 aromatic heterocycles. The number of hydrogen-bond acceptors (Lipinski definition) is 3. The molecule has 0 fully saturated rings. The fourth-order valence-corrected chi connectivity index (χ4v) is 3.49. The van der Waals surface area contributed by atoms with E-state index < -0.39 is 10.0 Å². The topological polar surface area (TPSA) is 64.0 Å². The molecular weight excluding hydrogens is 334 g/mol. The predicted octanol–water partition coefficient (Wildman–Crippen LogP) is 3.85. The molecule has 0 atom stereocenters. The molecule has 128 valence electrons. The lowest BCUT2D eigenvalue weighted by Gasteiger charge is -2.08. The molecule has 0 aliphatic carbocycles. The first-order chi connectivity index (χ1) is 12.0. The number of nitrogens with zero attached hydrogens (tertiary/aromatic N) is 2. The molecule has 6 heteroatoms. The van der Waals surface area contributed by atoms with Crippen molar-refractivity contribution >= 4 is 15.8 Å². The Kier molecular flexibility index (Phi) is 4.72. The van der Waals surface area contributed by atoms with Gasteiger partial charge in [-0.3, -0.25) is 9.40 Å². The molecule has 0 radical (unpaired) electrons. The Hall–Kier alpha value is -2.86. The van der Waals surface area contributed by atoms with Crippen LogP contribution in [0.5, 0.6) is 0 Å². The molecule has 3 aromatic rings. The van der Waals surface area contributed by atoms with Gasteiger partial charge in [0.25, 0.3) is 10.0 Å². The zero-order chi connectivity index (χ0) is 17.9. The van der Waals surface area contributed by atoms with Gasteiger partial charge in [0, 0.05) is 11.8 Å². The lowest BCUT2D eigenvalue weighted by Crippen LogP contribution is -2.14. The van der Waals surface area contributed by atoms with Gasteiger partial charge in [-0.2, -0.15) is 5.10 Å². The van der Waals surface area contributed by atoms with E-state index in [1.807, 2.05) is 37.4 Å². The highest BCUT2D eigenvalue weighted by molar-refractivity contribution is 7.92. The van der Waals surface area contributed by atoms with E-state index in [0.717, 1.165) is 16.7 Å². The lowest BCUT2D eigenvalue weighted by molar-refractivity contribution is 0.600. The van der Waals surface area contributed by atoms with Crippen LogP contribution in [0.3, 0.4) is 0 Å². The molecule has 0 spiro atoms. The SMILES string of the molecule is C=CCn1cc(-c2ccc(C)cc2)c(NS(=O)(=O)c2ccccc2)n1. The van der Waals surface area contributed by atoms with Crippen LogP contribution in [0.25, 0.3) is 11.1 Å². The Morgan fingerprint density at radius 1 is 1.12 bits per heavy atom. The number of hydrogen-bond donors (Lipinski definition) is 1. The number of allylic oxidation sites excluding steroid dienone is 1. The molecule has 0 bridgehead atoms. The summed E-state index contributed by atoms with van der Waals surface area (Å²) < 4.78 is 29.5. The Morgan fingerprint density at radius 2 is 1.80 bits per heavy atom. The van der Waals surface area contributed by atoms with E-state index in [4.69, 9.17) is 0 Å². The van der Waals surface area contributed by atoms with Crippen LogP contribution in [0.4, 0.5) is 5.82 Å². The van der Waals surface area contributed by atoms with E-state index in [1.165, 1.54) is 0 Å². The van der Waals surface area contributed by atoms with Crippen LogP contribution in [0.1, 0.15) is 5.56 Å². The number of anilines is 1. The standard InChI is InChI=1S/C19H19N3O2S/c1-3-13-22-14-18(16-11-9-15(2)10-12-16)19(20-22)21-25(23,24)17-7-5-4-6-8-17/h3-12,14H,1,13H2,2H3,(H,20,21). The summed E-state index contributed by atoms with van der Waals surface area (Å²) in [7, 11) is -3.71. The minimum Gasteiger partial charge on any atom is -0.266 e. The van der Waals surface area contributed by atoms with Crippen molar-refractivity contribution in [3.8, 4) is 11.1 Å². The molecule has 25 heavy (non-hydrogen) atoms. The summed E-state index contributed by atoms with van der Waals surface area (Å²) in [5, 5.41) is 4.36. The maximum Gasteiger partial charge on any atom is 0.263 e. The van der Waals surface area contributed by atoms with Crippen molar-refractivity contribution in [3.05, 3.63) is 79.0 Å². The average Bonchev–Trinajstić information content (AvgIpc) is 2.98. The number of rotatable bonds is 6. The van der Waals surface area contributed by atoms with Crippen LogP contribution < -0.4 is 4.72 Å². The van der Waals surface area contributed by atoms with E-state index in [1.54, 1.807) is 41.1 Å². The van der Waals surface area contributed by atoms with Crippen molar-refractivity contribution in [3.63, 3.8) is 0 Å². The van der Waals surface area contributed by atoms with Gasteiger partial charge in [-0.15, -0.1) is 6.58 Å². The third-order valence-corrected chi connectivity index (χ3v) is 5.08. The molecule has 0 aliphatic rings. The highest BCUT2D eigenvalue weighted by Gasteiger charge is 2.19. The molecule has 0 saturated carbocycles. The van der Waals surface area contributed by atoms with Crippen LogP contribution in [0.15, 0.2) is 78.3 Å². The normalized spacial score (nSPS) is 11.2. The molecule has 0 unspecified atom stereocenters. The molecule has 0 saturated heterocycles. The number of aryl methyl sites for hydroxylation is 1. The van der Waals surface area contributed by atoms with Gasteiger partial charge < -0.3 is 0 Å². The Bertz CT molecular complexity index is 975. The molecule has 2 aromatic carbocycles. The minimum absolute atomic E-state index is 0.197. The summed E-state index contributed by atoms with van der Waals surface area (Å²) in [4.78, 5) is 0.197. The van der Waals surface area contributed by atoms with Crippen molar-refractivity contribution < 1.29 is 8.42 Å². The number of nitrogens with one attached hydrogen (secondary N) is 1. The molecule has 5 nitrogen and oxygen atoms in total. The maximum absolute atomic E-state index is 12.6. The van der Waals surface area contributed by atoms with E-state index in [-0.39, 0.29) is 4.90 Å². The smallest absolute Gasteiger partial charge is 0.263 e. The summed E-state index contributed by atoms with van der Waals surface area (Å²) in [5.74, 6) is 0.301. The first kappa shape index (κ1) is 17.0. The summed E-state index contributed by atoms with van der Waals surface area (Å²) in [6, 6.07) is 16.1. The van der Waals surface area contributed by atoms with Crippen molar-refractivity contribution in [2.24, 2.45) is 0 Å². The van der Waals surface area contributed by atoms with Crippen molar-refractivity contribution in [1.82, 2.24) is 9.78 Å². The summed E-state index contributed by atoms with van der Waals surface area (Å²) in [5.41, 5.74) is 2.75. The van der Waals surface area contributed by atoms with Gasteiger partial charge in [-0.25, -0.2) is 8.42 Å². The van der Waals surface area contributed by atoms with Gasteiger partial charge in [0.1, 0.15) is 0 Å². The van der Waals surface area contributed by atoms with Crippen molar-refractivity contribution in [2.75, 3.05) is 4.72 Å². The maximum atomic E-state index is 12.6. The second kappa shape index (κ2) is 6.94. The zero-order valence-electron chi connectivity index (χ0n) is 13.9. The number of aromatic nitrogens is 2. The van der Waals surface area contributed by atoms with Gasteiger partial charge in [-0.05, 0) is 24.6 Å². The van der Waals surface area contributed by atoms with Crippen molar-refractivity contribution in [1.29, 1.82) is 0 Å². The Labute approximate surface area is 147 Å². The summed E-state index contributed by atoms with van der Waals surface area (Å²) in [6.07, 6.45) is 3.52. The third kappa shape index (κ3) is 3.80. The van der Waals surface area contributed by atoms with Gasteiger partial charge in [0.05, 0.1) is 11.4 Å². The quantitative estimate of drug-likeness (QED) is 0.685. The van der Waals surface area contributed by atoms with Crippen LogP contribution in [-0.2, 0) is 16.6 Å². The Balaban J connectivity index is 2.03. The molecule has 3 rings (SSSR count). The molecule has 0 amide bonds. The molecule has 0 aliphatic heterocycles. The largest absolute Gasteiger partial charge is 0.266 e. The molecule has 1 heterocycles. The third-order valence-electron chi connectivity index (χ3n) is 3.72. The van der Waals surface area contributed by atoms with Crippen LogP contribution >= 0.6 is 0 Å². The summed E-state index contributed by atoms with van der Waals surface area (Å²) >= 11 is 0. The zero-order valence-corrected chi connectivity index (χ0v) is 14.7. The van der Waals surface area contributed by atoms with Gasteiger partial charge in [0.15, 0.2) is 5.82 Å². The van der Waals surface area contributed by atoms with Crippen molar-refractivity contribution in [2.45, 2.75) is 18.4 Å². The van der Waals surface area contributed by atoms with E-state index in [9.17, 15) is 8.42 Å². The van der Waals surface area contributed by atoms with Gasteiger partial charge >= 0.3 is 0 Å². The highest BCUT2D eigenvalue weighted by Crippen LogP contribution is 2.29. The monoisotopic (exact) mass is 353 g/mol. The number of benzene rings is 2. The first-order valence-corrected chi connectivity index (χ1v) is 9.31. The average molecular weight is 353 g/mol. The predicted molar refractivity (Wildman–Crippen MR) is 99.8 cm³/mol. The minimum atomic E-state index is -3.71. The first-order valence-electron chi connectivity index (χ1n) is 7.83. The summed E-state index contributed by atoms with van der Waals surface area (Å²) in [6.45, 7) is 6.20. The van der Waals surface area contributed by atoms with Gasteiger partial charge in [0.2, 0.25) is 0 Å².